The molecule has 0 aliphatic carbocycles. The largest absolute Gasteiger partial charge is 0.467 e. The molecule has 6 heteroatoms. The molecule has 0 saturated heterocycles. The summed E-state index contributed by atoms with van der Waals surface area (Å²) in [6.45, 7) is 2.81. The minimum atomic E-state index is -0.297. The van der Waals surface area contributed by atoms with Gasteiger partial charge in [0.2, 0.25) is 5.95 Å². The van der Waals surface area contributed by atoms with Crippen LogP contribution in [0.15, 0.2) is 24.3 Å². The van der Waals surface area contributed by atoms with Gasteiger partial charge in [-0.1, -0.05) is 6.92 Å². The molecule has 1 aromatic heterocycles. The summed E-state index contributed by atoms with van der Waals surface area (Å²) < 4.78 is 17.9. The van der Waals surface area contributed by atoms with Crippen molar-refractivity contribution in [1.82, 2.24) is 15.0 Å². The topological polar surface area (TPSA) is 59.9 Å². The van der Waals surface area contributed by atoms with E-state index in [-0.39, 0.29) is 11.8 Å². The van der Waals surface area contributed by atoms with Gasteiger partial charge in [-0.3, -0.25) is 0 Å². The van der Waals surface area contributed by atoms with E-state index in [1.807, 2.05) is 6.92 Å². The lowest BCUT2D eigenvalue weighted by Gasteiger charge is -2.07. The summed E-state index contributed by atoms with van der Waals surface area (Å²) in [5.74, 6) is 0.604. The standard InChI is InChI=1S/C13H15FN4O/c1-3-8-15-12-16-11(17-13(18-12)19-2)9-4-6-10(14)7-5-9/h4-7H,3,8H2,1-2H3,(H,15,16,17,18). The van der Waals surface area contributed by atoms with Crippen LogP contribution in [0.4, 0.5) is 10.3 Å². The molecule has 0 unspecified atom stereocenters. The zero-order chi connectivity index (χ0) is 13.7. The van der Waals surface area contributed by atoms with Crippen molar-refractivity contribution < 1.29 is 9.13 Å². The SMILES string of the molecule is CCCNc1nc(OC)nc(-c2ccc(F)cc2)n1. The minimum absolute atomic E-state index is 0.230. The van der Waals surface area contributed by atoms with Gasteiger partial charge in [-0.05, 0) is 30.7 Å². The highest BCUT2D eigenvalue weighted by atomic mass is 19.1. The molecule has 0 atom stereocenters. The Bertz CT molecular complexity index is 545. The van der Waals surface area contributed by atoms with Crippen LogP contribution in [0.5, 0.6) is 6.01 Å². The second kappa shape index (κ2) is 6.08. The molecule has 1 N–H and O–H groups in total. The summed E-state index contributed by atoms with van der Waals surface area (Å²) in [4.78, 5) is 12.5. The Balaban J connectivity index is 2.35. The fraction of sp³-hybridized carbons (Fsp3) is 0.308. The Morgan fingerprint density at radius 3 is 2.53 bits per heavy atom. The monoisotopic (exact) mass is 262 g/mol. The van der Waals surface area contributed by atoms with Crippen molar-refractivity contribution in [3.63, 3.8) is 0 Å². The molecule has 5 nitrogen and oxygen atoms in total. The third-order valence-electron chi connectivity index (χ3n) is 2.43. The van der Waals surface area contributed by atoms with Gasteiger partial charge in [0.15, 0.2) is 5.82 Å². The molecular formula is C13H15FN4O. The number of ether oxygens (including phenoxy) is 1. The summed E-state index contributed by atoms with van der Waals surface area (Å²) in [5, 5.41) is 3.07. The number of halogens is 1. The number of aromatic nitrogens is 3. The second-order valence-corrected chi connectivity index (χ2v) is 3.90. The van der Waals surface area contributed by atoms with E-state index in [1.54, 1.807) is 12.1 Å². The van der Waals surface area contributed by atoms with Crippen LogP contribution in [-0.4, -0.2) is 28.6 Å². The molecule has 0 saturated carbocycles. The molecule has 0 bridgehead atoms. The Labute approximate surface area is 110 Å². The van der Waals surface area contributed by atoms with Crippen LogP contribution in [0.25, 0.3) is 11.4 Å². The lowest BCUT2D eigenvalue weighted by atomic mass is 10.2. The van der Waals surface area contributed by atoms with Crippen LogP contribution in [-0.2, 0) is 0 Å². The molecule has 2 rings (SSSR count). The minimum Gasteiger partial charge on any atom is -0.467 e. The maximum atomic E-state index is 12.9. The zero-order valence-corrected chi connectivity index (χ0v) is 10.9. The van der Waals surface area contributed by atoms with E-state index < -0.39 is 0 Å². The maximum absolute atomic E-state index is 12.9. The molecule has 1 aromatic carbocycles. The maximum Gasteiger partial charge on any atom is 0.321 e. The van der Waals surface area contributed by atoms with Crippen molar-refractivity contribution in [2.45, 2.75) is 13.3 Å². The summed E-state index contributed by atoms with van der Waals surface area (Å²) in [6, 6.07) is 6.20. The predicted molar refractivity (Wildman–Crippen MR) is 70.6 cm³/mol. The van der Waals surface area contributed by atoms with E-state index in [9.17, 15) is 4.39 Å². The average Bonchev–Trinajstić information content (AvgIpc) is 2.45. The first-order valence-electron chi connectivity index (χ1n) is 6.03. The van der Waals surface area contributed by atoms with Crippen LogP contribution < -0.4 is 10.1 Å². The molecular weight excluding hydrogens is 247 g/mol. The van der Waals surface area contributed by atoms with Crippen molar-refractivity contribution in [3.05, 3.63) is 30.1 Å². The van der Waals surface area contributed by atoms with Gasteiger partial charge in [0.05, 0.1) is 7.11 Å². The molecule has 0 radical (unpaired) electrons. The Morgan fingerprint density at radius 2 is 1.89 bits per heavy atom. The Morgan fingerprint density at radius 1 is 1.16 bits per heavy atom. The fourth-order valence-corrected chi connectivity index (χ4v) is 1.49. The molecule has 0 aliphatic rings. The molecule has 0 aliphatic heterocycles. The van der Waals surface area contributed by atoms with Gasteiger partial charge in [0, 0.05) is 12.1 Å². The van der Waals surface area contributed by atoms with E-state index in [1.165, 1.54) is 19.2 Å². The summed E-state index contributed by atoms with van der Waals surface area (Å²) in [6.07, 6.45) is 0.958. The van der Waals surface area contributed by atoms with Gasteiger partial charge in [-0.25, -0.2) is 4.39 Å². The fourth-order valence-electron chi connectivity index (χ4n) is 1.49. The van der Waals surface area contributed by atoms with Gasteiger partial charge in [0.25, 0.3) is 0 Å². The molecule has 1 heterocycles. The lowest BCUT2D eigenvalue weighted by Crippen LogP contribution is -2.07. The van der Waals surface area contributed by atoms with Gasteiger partial charge in [0.1, 0.15) is 5.82 Å². The highest BCUT2D eigenvalue weighted by Crippen LogP contribution is 2.18. The first-order chi connectivity index (χ1) is 9.22. The Kier molecular flexibility index (Phi) is 4.22. The number of anilines is 1. The number of nitrogens with one attached hydrogen (secondary N) is 1. The highest BCUT2D eigenvalue weighted by molar-refractivity contribution is 5.56. The number of rotatable bonds is 5. The highest BCUT2D eigenvalue weighted by Gasteiger charge is 2.08. The Hall–Kier alpha value is -2.24. The van der Waals surface area contributed by atoms with E-state index in [2.05, 4.69) is 20.3 Å². The van der Waals surface area contributed by atoms with Crippen LogP contribution >= 0.6 is 0 Å². The third-order valence-corrected chi connectivity index (χ3v) is 2.43. The molecule has 2 aromatic rings. The van der Waals surface area contributed by atoms with Gasteiger partial charge >= 0.3 is 6.01 Å². The van der Waals surface area contributed by atoms with Crippen LogP contribution in [0, 0.1) is 5.82 Å². The van der Waals surface area contributed by atoms with Crippen molar-refractivity contribution >= 4 is 5.95 Å². The molecule has 100 valence electrons. The smallest absolute Gasteiger partial charge is 0.321 e. The normalized spacial score (nSPS) is 10.3. The van der Waals surface area contributed by atoms with Crippen molar-refractivity contribution in [2.24, 2.45) is 0 Å². The number of benzene rings is 1. The molecule has 19 heavy (non-hydrogen) atoms. The second-order valence-electron chi connectivity index (χ2n) is 3.90. The van der Waals surface area contributed by atoms with Crippen molar-refractivity contribution in [2.75, 3.05) is 19.0 Å². The molecule has 0 spiro atoms. The summed E-state index contributed by atoms with van der Waals surface area (Å²) >= 11 is 0. The average molecular weight is 262 g/mol. The lowest BCUT2D eigenvalue weighted by molar-refractivity contribution is 0.379. The van der Waals surface area contributed by atoms with Crippen LogP contribution in [0.3, 0.4) is 0 Å². The number of methoxy groups -OCH3 is 1. The first kappa shape index (κ1) is 13.2. The van der Waals surface area contributed by atoms with E-state index in [0.717, 1.165) is 13.0 Å². The van der Waals surface area contributed by atoms with Crippen molar-refractivity contribution in [1.29, 1.82) is 0 Å². The van der Waals surface area contributed by atoms with E-state index >= 15 is 0 Å². The van der Waals surface area contributed by atoms with Crippen LogP contribution in [0.2, 0.25) is 0 Å². The molecule has 0 fully saturated rings. The van der Waals surface area contributed by atoms with E-state index in [0.29, 0.717) is 17.3 Å². The first-order valence-corrected chi connectivity index (χ1v) is 6.03. The van der Waals surface area contributed by atoms with Gasteiger partial charge in [-0.2, -0.15) is 15.0 Å². The number of nitrogens with zero attached hydrogens (tertiary/aromatic N) is 3. The number of hydrogen-bond acceptors (Lipinski definition) is 5. The van der Waals surface area contributed by atoms with Gasteiger partial charge in [-0.15, -0.1) is 0 Å². The summed E-state index contributed by atoms with van der Waals surface area (Å²) in [5.41, 5.74) is 0.710. The summed E-state index contributed by atoms with van der Waals surface area (Å²) in [7, 11) is 1.49. The van der Waals surface area contributed by atoms with Gasteiger partial charge < -0.3 is 10.1 Å². The van der Waals surface area contributed by atoms with Crippen LogP contribution in [0.1, 0.15) is 13.3 Å². The number of hydrogen-bond donors (Lipinski definition) is 1. The predicted octanol–water partition coefficient (Wildman–Crippen LogP) is 2.51. The third kappa shape index (κ3) is 3.37. The van der Waals surface area contributed by atoms with Crippen molar-refractivity contribution in [3.8, 4) is 17.4 Å². The zero-order valence-electron chi connectivity index (χ0n) is 10.9. The quantitative estimate of drug-likeness (QED) is 0.897. The molecule has 0 amide bonds. The van der Waals surface area contributed by atoms with E-state index in [4.69, 9.17) is 4.74 Å².